The molecule has 0 aliphatic heterocycles. The number of nitrogens with zero attached hydrogens (tertiary/aromatic N) is 1. The first-order valence-corrected chi connectivity index (χ1v) is 8.38. The van der Waals surface area contributed by atoms with E-state index < -0.39 is 0 Å². The molecule has 0 aliphatic rings. The van der Waals surface area contributed by atoms with Gasteiger partial charge in [-0.25, -0.2) is 0 Å². The zero-order valence-corrected chi connectivity index (χ0v) is 14.7. The number of nitrogens with one attached hydrogen (secondary N) is 1. The summed E-state index contributed by atoms with van der Waals surface area (Å²) in [6.45, 7) is 3.93. The molecule has 0 spiro atoms. The van der Waals surface area contributed by atoms with E-state index in [1.165, 1.54) is 0 Å². The van der Waals surface area contributed by atoms with Gasteiger partial charge < -0.3 is 9.72 Å². The van der Waals surface area contributed by atoms with Gasteiger partial charge in [0.15, 0.2) is 5.75 Å². The summed E-state index contributed by atoms with van der Waals surface area (Å²) in [5.74, 6) is 0.347. The molecule has 3 rings (SSSR count). The van der Waals surface area contributed by atoms with E-state index in [-0.39, 0.29) is 11.9 Å². The van der Waals surface area contributed by atoms with Crippen molar-refractivity contribution in [1.82, 2.24) is 4.98 Å². The minimum Gasteiger partial charge on any atom is -0.424 e. The summed E-state index contributed by atoms with van der Waals surface area (Å²) < 4.78 is 5.68. The van der Waals surface area contributed by atoms with Crippen molar-refractivity contribution in [1.29, 1.82) is 5.26 Å². The van der Waals surface area contributed by atoms with Gasteiger partial charge in [-0.1, -0.05) is 37.6 Å². The number of esters is 1. The molecule has 5 heteroatoms. The number of H-pyrrole nitrogens is 1. The van der Waals surface area contributed by atoms with E-state index in [0.29, 0.717) is 33.8 Å². The second-order valence-electron chi connectivity index (χ2n) is 6.28. The van der Waals surface area contributed by atoms with E-state index >= 15 is 0 Å². The van der Waals surface area contributed by atoms with Gasteiger partial charge in [-0.2, -0.15) is 5.26 Å². The topological polar surface area (TPSA) is 65.9 Å². The number of rotatable bonds is 4. The van der Waals surface area contributed by atoms with Gasteiger partial charge in [0.05, 0.1) is 17.3 Å². The highest BCUT2D eigenvalue weighted by Gasteiger charge is 2.19. The molecule has 126 valence electrons. The summed E-state index contributed by atoms with van der Waals surface area (Å²) in [7, 11) is 0. The van der Waals surface area contributed by atoms with E-state index in [1.807, 2.05) is 32.0 Å². The van der Waals surface area contributed by atoms with Crippen LogP contribution in [-0.2, 0) is 4.79 Å². The van der Waals surface area contributed by atoms with Gasteiger partial charge in [0.1, 0.15) is 0 Å². The Labute approximate surface area is 151 Å². The number of ether oxygens (including phenoxy) is 1. The number of carbonyl (C=O) groups is 1. The summed E-state index contributed by atoms with van der Waals surface area (Å²) >= 11 is 5.97. The predicted octanol–water partition coefficient (Wildman–Crippen LogP) is 5.31. The Bertz CT molecular complexity index is 966. The maximum atomic E-state index is 12.2. The molecule has 0 saturated carbocycles. The number of hydrogen-bond donors (Lipinski definition) is 1. The highest BCUT2D eigenvalue weighted by molar-refractivity contribution is 6.30. The monoisotopic (exact) mass is 352 g/mol. The van der Waals surface area contributed by atoms with Crippen LogP contribution in [0.15, 0.2) is 42.5 Å². The average Bonchev–Trinajstić information content (AvgIpc) is 2.92. The largest absolute Gasteiger partial charge is 0.424 e. The van der Waals surface area contributed by atoms with Crippen LogP contribution in [0.1, 0.15) is 25.8 Å². The van der Waals surface area contributed by atoms with Gasteiger partial charge in [-0.05, 0) is 36.2 Å². The summed E-state index contributed by atoms with van der Waals surface area (Å²) in [5, 5.41) is 10.5. The zero-order chi connectivity index (χ0) is 18.0. The molecule has 0 radical (unpaired) electrons. The zero-order valence-electron chi connectivity index (χ0n) is 14.0. The highest BCUT2D eigenvalue weighted by atomic mass is 35.5. The average molecular weight is 353 g/mol. The molecular formula is C20H17ClN2O2. The normalized spacial score (nSPS) is 10.8. The molecule has 25 heavy (non-hydrogen) atoms. The first-order chi connectivity index (χ1) is 12.0. The summed E-state index contributed by atoms with van der Waals surface area (Å²) in [4.78, 5) is 15.5. The van der Waals surface area contributed by atoms with Crippen LogP contribution in [0.5, 0.6) is 5.75 Å². The lowest BCUT2D eigenvalue weighted by Gasteiger charge is -2.08. The highest BCUT2D eigenvalue weighted by Crippen LogP contribution is 2.38. The Morgan fingerprint density at radius 1 is 1.24 bits per heavy atom. The van der Waals surface area contributed by atoms with Crippen molar-refractivity contribution >= 4 is 28.5 Å². The van der Waals surface area contributed by atoms with Crippen LogP contribution in [0.25, 0.3) is 22.2 Å². The van der Waals surface area contributed by atoms with Crippen molar-refractivity contribution in [3.8, 4) is 23.1 Å². The van der Waals surface area contributed by atoms with Crippen molar-refractivity contribution in [2.24, 2.45) is 5.92 Å². The van der Waals surface area contributed by atoms with Gasteiger partial charge in [-0.3, -0.25) is 4.79 Å². The first-order valence-electron chi connectivity index (χ1n) is 8.00. The number of hydrogen-bond acceptors (Lipinski definition) is 3. The van der Waals surface area contributed by atoms with Crippen LogP contribution in [0, 0.1) is 17.2 Å². The van der Waals surface area contributed by atoms with Crippen LogP contribution < -0.4 is 4.74 Å². The van der Waals surface area contributed by atoms with Gasteiger partial charge in [0.25, 0.3) is 0 Å². The van der Waals surface area contributed by atoms with Crippen molar-refractivity contribution < 1.29 is 9.53 Å². The van der Waals surface area contributed by atoms with Crippen LogP contribution in [-0.4, -0.2) is 11.0 Å². The lowest BCUT2D eigenvalue weighted by molar-refractivity contribution is -0.135. The van der Waals surface area contributed by atoms with Crippen LogP contribution in [0.3, 0.4) is 0 Å². The molecule has 0 aliphatic carbocycles. The lowest BCUT2D eigenvalue weighted by atomic mass is 10.1. The van der Waals surface area contributed by atoms with E-state index in [9.17, 15) is 4.79 Å². The molecule has 1 N–H and O–H groups in total. The third-order valence-electron chi connectivity index (χ3n) is 3.80. The molecule has 2 aromatic carbocycles. The van der Waals surface area contributed by atoms with Gasteiger partial charge in [0.2, 0.25) is 0 Å². The third-order valence-corrected chi connectivity index (χ3v) is 4.06. The van der Waals surface area contributed by atoms with Crippen molar-refractivity contribution in [3.63, 3.8) is 0 Å². The minimum absolute atomic E-state index is 0.200. The van der Waals surface area contributed by atoms with Crippen molar-refractivity contribution in [3.05, 3.63) is 53.1 Å². The van der Waals surface area contributed by atoms with Crippen LogP contribution >= 0.6 is 11.6 Å². The number of carbonyl (C=O) groups excluding carboxylic acids is 1. The quantitative estimate of drug-likeness (QED) is 0.647. The van der Waals surface area contributed by atoms with E-state index in [0.717, 1.165) is 11.1 Å². The number of nitriles is 1. The lowest BCUT2D eigenvalue weighted by Crippen LogP contribution is -2.11. The number of fused-ring (bicyclic) bond motifs is 1. The molecule has 0 atom stereocenters. The fourth-order valence-electron chi connectivity index (χ4n) is 2.65. The minimum atomic E-state index is -0.298. The molecule has 4 nitrogen and oxygen atoms in total. The second kappa shape index (κ2) is 7.00. The fourth-order valence-corrected chi connectivity index (χ4v) is 2.78. The Hall–Kier alpha value is -2.77. The standard InChI is InChI=1S/C20H17ClN2O2/c1-12(2)9-18(24)25-20-16-10-13(11-22)3-8-17(16)23-19(20)14-4-6-15(21)7-5-14/h3-8,10,12,23H,9H2,1-2H3. The Morgan fingerprint density at radius 2 is 1.96 bits per heavy atom. The van der Waals surface area contributed by atoms with Crippen molar-refractivity contribution in [2.75, 3.05) is 0 Å². The Morgan fingerprint density at radius 3 is 2.60 bits per heavy atom. The molecule has 0 amide bonds. The first kappa shape index (κ1) is 17.1. The molecule has 0 saturated heterocycles. The smallest absolute Gasteiger partial charge is 0.311 e. The summed E-state index contributed by atoms with van der Waals surface area (Å²) in [6.07, 6.45) is 0.324. The SMILES string of the molecule is CC(C)CC(=O)Oc1c(-c2ccc(Cl)cc2)[nH]c2ccc(C#N)cc12. The van der Waals surface area contributed by atoms with E-state index in [1.54, 1.807) is 24.3 Å². The van der Waals surface area contributed by atoms with E-state index in [4.69, 9.17) is 21.6 Å². The van der Waals surface area contributed by atoms with Gasteiger partial charge in [0, 0.05) is 27.9 Å². The molecule has 0 bridgehead atoms. The number of halogens is 1. The molecule has 1 heterocycles. The van der Waals surface area contributed by atoms with Crippen LogP contribution in [0.2, 0.25) is 5.02 Å². The van der Waals surface area contributed by atoms with Crippen molar-refractivity contribution in [2.45, 2.75) is 20.3 Å². The number of aromatic nitrogens is 1. The Balaban J connectivity index is 2.14. The summed E-state index contributed by atoms with van der Waals surface area (Å²) in [5.41, 5.74) is 2.86. The molecule has 3 aromatic rings. The second-order valence-corrected chi connectivity index (χ2v) is 6.72. The maximum Gasteiger partial charge on any atom is 0.311 e. The molecule has 0 fully saturated rings. The number of aromatic amines is 1. The molecular weight excluding hydrogens is 336 g/mol. The Kier molecular flexibility index (Phi) is 4.78. The third kappa shape index (κ3) is 3.67. The summed E-state index contributed by atoms with van der Waals surface area (Å²) in [6, 6.07) is 14.7. The maximum absolute atomic E-state index is 12.2. The fraction of sp³-hybridized carbons (Fsp3) is 0.200. The molecule has 1 aromatic heterocycles. The molecule has 0 unspecified atom stereocenters. The van der Waals surface area contributed by atoms with E-state index in [2.05, 4.69) is 11.1 Å². The predicted molar refractivity (Wildman–Crippen MR) is 98.5 cm³/mol. The van der Waals surface area contributed by atoms with Crippen LogP contribution in [0.4, 0.5) is 0 Å². The van der Waals surface area contributed by atoms with Gasteiger partial charge >= 0.3 is 5.97 Å². The van der Waals surface area contributed by atoms with Gasteiger partial charge in [-0.15, -0.1) is 0 Å². The number of benzene rings is 2.